The maximum atomic E-state index is 11.7. The van der Waals surface area contributed by atoms with Crippen LogP contribution >= 0.6 is 0 Å². The molecule has 3 N–H and O–H groups in total. The summed E-state index contributed by atoms with van der Waals surface area (Å²) in [7, 11) is 0. The highest BCUT2D eigenvalue weighted by molar-refractivity contribution is 5.75. The topological polar surface area (TPSA) is 58.4 Å². The van der Waals surface area contributed by atoms with E-state index in [2.05, 4.69) is 31.0 Å². The minimum Gasteiger partial charge on any atom is -0.355 e. The normalized spacial score (nSPS) is 19.6. The number of carbonyl (C=O) groups excluding carboxylic acids is 1. The SMILES string of the molecule is CC1CCN(C(CNC(=O)CCCN)C(C)C)CC1. The van der Waals surface area contributed by atoms with E-state index in [4.69, 9.17) is 5.73 Å². The molecule has 1 amide bonds. The molecule has 0 spiro atoms. The smallest absolute Gasteiger partial charge is 0.220 e. The monoisotopic (exact) mass is 269 g/mol. The largest absolute Gasteiger partial charge is 0.355 e. The van der Waals surface area contributed by atoms with Gasteiger partial charge in [0.15, 0.2) is 0 Å². The van der Waals surface area contributed by atoms with Crippen LogP contribution in [0.2, 0.25) is 0 Å². The number of hydrogen-bond donors (Lipinski definition) is 2. The van der Waals surface area contributed by atoms with Crippen LogP contribution in [0.15, 0.2) is 0 Å². The lowest BCUT2D eigenvalue weighted by Gasteiger charge is -2.38. The third-order valence-corrected chi connectivity index (χ3v) is 4.17. The van der Waals surface area contributed by atoms with E-state index in [9.17, 15) is 4.79 Å². The first-order valence-electron chi connectivity index (χ1n) is 7.75. The summed E-state index contributed by atoms with van der Waals surface area (Å²) in [6.45, 7) is 10.5. The Morgan fingerprint density at radius 1 is 1.37 bits per heavy atom. The lowest BCUT2D eigenvalue weighted by molar-refractivity contribution is -0.121. The van der Waals surface area contributed by atoms with Crippen molar-refractivity contribution in [3.05, 3.63) is 0 Å². The Hall–Kier alpha value is -0.610. The van der Waals surface area contributed by atoms with Gasteiger partial charge in [-0.25, -0.2) is 0 Å². The number of likely N-dealkylation sites (tertiary alicyclic amines) is 1. The van der Waals surface area contributed by atoms with Gasteiger partial charge in [0.2, 0.25) is 5.91 Å². The molecule has 1 aliphatic heterocycles. The van der Waals surface area contributed by atoms with Gasteiger partial charge in [-0.2, -0.15) is 0 Å². The van der Waals surface area contributed by atoms with Gasteiger partial charge in [0.25, 0.3) is 0 Å². The van der Waals surface area contributed by atoms with Gasteiger partial charge in [0.05, 0.1) is 0 Å². The average molecular weight is 269 g/mol. The van der Waals surface area contributed by atoms with Crippen LogP contribution in [0, 0.1) is 11.8 Å². The van der Waals surface area contributed by atoms with E-state index in [1.54, 1.807) is 0 Å². The molecular weight excluding hydrogens is 238 g/mol. The Morgan fingerprint density at radius 2 is 2.00 bits per heavy atom. The van der Waals surface area contributed by atoms with Crippen molar-refractivity contribution >= 4 is 5.91 Å². The highest BCUT2D eigenvalue weighted by Crippen LogP contribution is 2.21. The van der Waals surface area contributed by atoms with Crippen LogP contribution in [0.5, 0.6) is 0 Å². The molecule has 4 heteroatoms. The minimum absolute atomic E-state index is 0.140. The molecule has 0 aromatic rings. The van der Waals surface area contributed by atoms with Crippen LogP contribution in [-0.2, 0) is 4.79 Å². The van der Waals surface area contributed by atoms with Crippen LogP contribution in [0.4, 0.5) is 0 Å². The fourth-order valence-electron chi connectivity index (χ4n) is 2.72. The van der Waals surface area contributed by atoms with E-state index in [-0.39, 0.29) is 5.91 Å². The summed E-state index contributed by atoms with van der Waals surface area (Å²) in [5.74, 6) is 1.56. The molecule has 0 aromatic carbocycles. The minimum atomic E-state index is 0.140. The van der Waals surface area contributed by atoms with Gasteiger partial charge in [-0.15, -0.1) is 0 Å². The molecular formula is C15H31N3O. The fraction of sp³-hybridized carbons (Fsp3) is 0.933. The van der Waals surface area contributed by atoms with Gasteiger partial charge in [0.1, 0.15) is 0 Å². The highest BCUT2D eigenvalue weighted by Gasteiger charge is 2.25. The van der Waals surface area contributed by atoms with Gasteiger partial charge in [-0.3, -0.25) is 9.69 Å². The second-order valence-corrected chi connectivity index (χ2v) is 6.23. The number of hydrogen-bond acceptors (Lipinski definition) is 3. The molecule has 0 aromatic heterocycles. The van der Waals surface area contributed by atoms with Gasteiger partial charge >= 0.3 is 0 Å². The summed E-state index contributed by atoms with van der Waals surface area (Å²) in [6.07, 6.45) is 3.90. The zero-order valence-corrected chi connectivity index (χ0v) is 12.8. The lowest BCUT2D eigenvalue weighted by Crippen LogP contribution is -2.49. The van der Waals surface area contributed by atoms with Crippen molar-refractivity contribution < 1.29 is 4.79 Å². The molecule has 1 rings (SSSR count). The van der Waals surface area contributed by atoms with Crippen LogP contribution in [0.1, 0.15) is 46.5 Å². The highest BCUT2D eigenvalue weighted by atomic mass is 16.1. The average Bonchev–Trinajstić information content (AvgIpc) is 2.38. The number of carbonyl (C=O) groups is 1. The van der Waals surface area contributed by atoms with Crippen LogP contribution in [-0.4, -0.2) is 43.0 Å². The molecule has 112 valence electrons. The second-order valence-electron chi connectivity index (χ2n) is 6.23. The molecule has 19 heavy (non-hydrogen) atoms. The molecule has 1 unspecified atom stereocenters. The van der Waals surface area contributed by atoms with Crippen molar-refractivity contribution in [3.8, 4) is 0 Å². The zero-order valence-electron chi connectivity index (χ0n) is 12.8. The second kappa shape index (κ2) is 8.54. The molecule has 0 bridgehead atoms. The molecule has 0 saturated carbocycles. The number of rotatable bonds is 7. The molecule has 0 radical (unpaired) electrons. The van der Waals surface area contributed by atoms with Crippen molar-refractivity contribution in [1.29, 1.82) is 0 Å². The van der Waals surface area contributed by atoms with Crippen LogP contribution in [0.3, 0.4) is 0 Å². The molecule has 4 nitrogen and oxygen atoms in total. The van der Waals surface area contributed by atoms with Gasteiger partial charge < -0.3 is 11.1 Å². The summed E-state index contributed by atoms with van der Waals surface area (Å²) in [6, 6.07) is 0.467. The molecule has 1 heterocycles. The van der Waals surface area contributed by atoms with E-state index in [1.165, 1.54) is 25.9 Å². The third-order valence-electron chi connectivity index (χ3n) is 4.17. The van der Waals surface area contributed by atoms with Crippen molar-refractivity contribution in [1.82, 2.24) is 10.2 Å². The Balaban J connectivity index is 2.38. The summed E-state index contributed by atoms with van der Waals surface area (Å²) >= 11 is 0. The van der Waals surface area contributed by atoms with Crippen molar-refractivity contribution in [3.63, 3.8) is 0 Å². The maximum absolute atomic E-state index is 11.7. The number of amides is 1. The predicted molar refractivity (Wildman–Crippen MR) is 79.9 cm³/mol. The summed E-state index contributed by atoms with van der Waals surface area (Å²) in [4.78, 5) is 14.2. The van der Waals surface area contributed by atoms with E-state index >= 15 is 0 Å². The Kier molecular flexibility index (Phi) is 7.39. The fourth-order valence-corrected chi connectivity index (χ4v) is 2.72. The van der Waals surface area contributed by atoms with Crippen molar-refractivity contribution in [2.45, 2.75) is 52.5 Å². The zero-order chi connectivity index (χ0) is 14.3. The first kappa shape index (κ1) is 16.4. The Labute approximate surface area is 118 Å². The van der Waals surface area contributed by atoms with E-state index < -0.39 is 0 Å². The first-order valence-corrected chi connectivity index (χ1v) is 7.75. The lowest BCUT2D eigenvalue weighted by atomic mass is 9.94. The Bertz CT molecular complexity index is 260. The first-order chi connectivity index (χ1) is 9.04. The number of piperidine rings is 1. The molecule has 1 atom stereocenters. The summed E-state index contributed by atoms with van der Waals surface area (Å²) < 4.78 is 0. The van der Waals surface area contributed by atoms with Gasteiger partial charge in [-0.1, -0.05) is 20.8 Å². The van der Waals surface area contributed by atoms with Gasteiger partial charge in [0, 0.05) is 19.0 Å². The Morgan fingerprint density at radius 3 is 2.53 bits per heavy atom. The van der Waals surface area contributed by atoms with Crippen molar-refractivity contribution in [2.24, 2.45) is 17.6 Å². The third kappa shape index (κ3) is 5.91. The van der Waals surface area contributed by atoms with Crippen molar-refractivity contribution in [2.75, 3.05) is 26.2 Å². The number of nitrogens with two attached hydrogens (primary N) is 1. The van der Waals surface area contributed by atoms with Gasteiger partial charge in [-0.05, 0) is 50.7 Å². The summed E-state index contributed by atoms with van der Waals surface area (Å²) in [5.41, 5.74) is 5.42. The van der Waals surface area contributed by atoms with Crippen LogP contribution in [0.25, 0.3) is 0 Å². The molecule has 1 saturated heterocycles. The summed E-state index contributed by atoms with van der Waals surface area (Å²) in [5, 5.41) is 3.07. The quantitative estimate of drug-likeness (QED) is 0.738. The molecule has 0 aliphatic carbocycles. The maximum Gasteiger partial charge on any atom is 0.220 e. The molecule has 1 aliphatic rings. The number of nitrogens with zero attached hydrogens (tertiary/aromatic N) is 1. The molecule has 1 fully saturated rings. The van der Waals surface area contributed by atoms with E-state index in [0.29, 0.717) is 24.9 Å². The standard InChI is InChI=1S/C15H31N3O/c1-12(2)14(11-17-15(19)5-4-8-16)18-9-6-13(3)7-10-18/h12-14H,4-11,16H2,1-3H3,(H,17,19). The number of nitrogens with one attached hydrogen (secondary N) is 1. The van der Waals surface area contributed by atoms with Crippen LogP contribution < -0.4 is 11.1 Å². The van der Waals surface area contributed by atoms with E-state index in [0.717, 1.165) is 18.9 Å². The van der Waals surface area contributed by atoms with E-state index in [1.807, 2.05) is 0 Å². The predicted octanol–water partition coefficient (Wildman–Crippen LogP) is 1.60.